The zero-order valence-electron chi connectivity index (χ0n) is 13.3. The molecule has 1 N–H and O–H groups in total. The van der Waals surface area contributed by atoms with E-state index in [0.29, 0.717) is 16.5 Å². The molecule has 0 saturated carbocycles. The molecular weight excluding hydrogens is 353 g/mol. The van der Waals surface area contributed by atoms with Gasteiger partial charge in [-0.3, -0.25) is 4.79 Å². The monoisotopic (exact) mass is 367 g/mol. The Morgan fingerprint density at radius 1 is 1.12 bits per heavy atom. The Labute approximate surface area is 148 Å². The van der Waals surface area contributed by atoms with E-state index in [-0.39, 0.29) is 5.75 Å². The molecule has 0 saturated heterocycles. The van der Waals surface area contributed by atoms with Crippen molar-refractivity contribution >= 4 is 29.2 Å². The third-order valence-electron chi connectivity index (χ3n) is 2.98. The first-order valence-corrected chi connectivity index (χ1v) is 7.53. The predicted octanol–water partition coefficient (Wildman–Crippen LogP) is 3.05. The van der Waals surface area contributed by atoms with Crippen LogP contribution in [0.4, 0.5) is 10.1 Å². The maximum Gasteiger partial charge on any atom is 0.344 e. The van der Waals surface area contributed by atoms with Crippen LogP contribution in [0.25, 0.3) is 0 Å². The summed E-state index contributed by atoms with van der Waals surface area (Å²) in [7, 11) is 1.44. The van der Waals surface area contributed by atoms with E-state index in [9.17, 15) is 14.0 Å². The number of anilines is 1. The molecule has 0 bridgehead atoms. The SMILES string of the molecule is COc1ccc(Cl)cc1NC(=O)COC(=O)COc1ccccc1F. The van der Waals surface area contributed by atoms with Crippen LogP contribution in [-0.4, -0.2) is 32.2 Å². The Hall–Kier alpha value is -2.80. The van der Waals surface area contributed by atoms with Crippen LogP contribution in [0.5, 0.6) is 11.5 Å². The van der Waals surface area contributed by atoms with Crippen LogP contribution in [0.2, 0.25) is 5.02 Å². The van der Waals surface area contributed by atoms with E-state index in [4.69, 9.17) is 25.8 Å². The highest BCUT2D eigenvalue weighted by molar-refractivity contribution is 6.31. The zero-order chi connectivity index (χ0) is 18.2. The van der Waals surface area contributed by atoms with Gasteiger partial charge in [-0.25, -0.2) is 9.18 Å². The normalized spacial score (nSPS) is 10.0. The zero-order valence-corrected chi connectivity index (χ0v) is 14.0. The topological polar surface area (TPSA) is 73.9 Å². The van der Waals surface area contributed by atoms with E-state index >= 15 is 0 Å². The fraction of sp³-hybridized carbons (Fsp3) is 0.176. The van der Waals surface area contributed by atoms with E-state index in [1.165, 1.54) is 31.4 Å². The summed E-state index contributed by atoms with van der Waals surface area (Å²) in [6, 6.07) is 10.3. The Balaban J connectivity index is 1.81. The van der Waals surface area contributed by atoms with Crippen molar-refractivity contribution in [3.05, 3.63) is 53.3 Å². The van der Waals surface area contributed by atoms with Gasteiger partial charge in [0.1, 0.15) is 5.75 Å². The number of amides is 1. The van der Waals surface area contributed by atoms with Gasteiger partial charge in [-0.15, -0.1) is 0 Å². The average Bonchev–Trinajstić information content (AvgIpc) is 2.59. The van der Waals surface area contributed by atoms with E-state index < -0.39 is 30.9 Å². The van der Waals surface area contributed by atoms with Crippen molar-refractivity contribution in [1.82, 2.24) is 0 Å². The molecule has 0 atom stereocenters. The van der Waals surface area contributed by atoms with Crippen LogP contribution in [0.15, 0.2) is 42.5 Å². The molecule has 0 aliphatic heterocycles. The van der Waals surface area contributed by atoms with E-state index in [1.807, 2.05) is 0 Å². The van der Waals surface area contributed by atoms with Gasteiger partial charge in [-0.05, 0) is 30.3 Å². The van der Waals surface area contributed by atoms with Crippen LogP contribution in [0, 0.1) is 5.82 Å². The summed E-state index contributed by atoms with van der Waals surface area (Å²) in [5.74, 6) is -1.66. The molecule has 8 heteroatoms. The van der Waals surface area contributed by atoms with Gasteiger partial charge < -0.3 is 19.5 Å². The molecule has 6 nitrogen and oxygen atoms in total. The third-order valence-corrected chi connectivity index (χ3v) is 3.22. The summed E-state index contributed by atoms with van der Waals surface area (Å²) in [6.07, 6.45) is 0. The maximum atomic E-state index is 13.3. The molecule has 1 amide bonds. The minimum atomic E-state index is -0.809. The number of hydrogen-bond donors (Lipinski definition) is 1. The maximum absolute atomic E-state index is 13.3. The second kappa shape index (κ2) is 8.89. The lowest BCUT2D eigenvalue weighted by Crippen LogP contribution is -2.24. The molecule has 0 aliphatic rings. The molecule has 0 unspecified atom stereocenters. The Kier molecular flexibility index (Phi) is 6.59. The number of nitrogens with one attached hydrogen (secondary N) is 1. The van der Waals surface area contributed by atoms with Crippen LogP contribution < -0.4 is 14.8 Å². The summed E-state index contributed by atoms with van der Waals surface area (Å²) >= 11 is 5.86. The number of halogens is 2. The molecule has 132 valence electrons. The number of para-hydroxylation sites is 1. The number of rotatable bonds is 7. The number of carbonyl (C=O) groups is 2. The summed E-state index contributed by atoms with van der Waals surface area (Å²) in [4.78, 5) is 23.4. The molecule has 0 heterocycles. The highest BCUT2D eigenvalue weighted by atomic mass is 35.5. The standard InChI is InChI=1S/C17H15ClFNO5/c1-23-15-7-6-11(18)8-13(15)20-16(21)9-25-17(22)10-24-14-5-3-2-4-12(14)19/h2-8H,9-10H2,1H3,(H,20,21). The summed E-state index contributed by atoms with van der Waals surface area (Å²) in [6.45, 7) is -1.05. The number of methoxy groups -OCH3 is 1. The Morgan fingerprint density at radius 3 is 2.60 bits per heavy atom. The van der Waals surface area contributed by atoms with Gasteiger partial charge in [0.05, 0.1) is 12.8 Å². The largest absolute Gasteiger partial charge is 0.495 e. The Bertz CT molecular complexity index is 768. The third kappa shape index (κ3) is 5.65. The van der Waals surface area contributed by atoms with Crippen molar-refractivity contribution < 1.29 is 28.2 Å². The van der Waals surface area contributed by atoms with Gasteiger partial charge in [0, 0.05) is 5.02 Å². The number of ether oxygens (including phenoxy) is 3. The van der Waals surface area contributed by atoms with Crippen molar-refractivity contribution in [3.8, 4) is 11.5 Å². The molecule has 0 fully saturated rings. The number of benzene rings is 2. The van der Waals surface area contributed by atoms with E-state index in [0.717, 1.165) is 0 Å². The van der Waals surface area contributed by atoms with Gasteiger partial charge >= 0.3 is 5.97 Å². The van der Waals surface area contributed by atoms with Gasteiger partial charge in [0.25, 0.3) is 5.91 Å². The lowest BCUT2D eigenvalue weighted by molar-refractivity contribution is -0.149. The highest BCUT2D eigenvalue weighted by Gasteiger charge is 2.12. The summed E-state index contributed by atoms with van der Waals surface area (Å²) < 4.78 is 28.2. The summed E-state index contributed by atoms with van der Waals surface area (Å²) in [5.41, 5.74) is 0.346. The molecular formula is C17H15ClFNO5. The van der Waals surface area contributed by atoms with Crippen molar-refractivity contribution in [2.75, 3.05) is 25.6 Å². The molecule has 0 aromatic heterocycles. The fourth-order valence-corrected chi connectivity index (χ4v) is 2.02. The minimum Gasteiger partial charge on any atom is -0.495 e. The number of hydrogen-bond acceptors (Lipinski definition) is 5. The molecule has 2 aromatic rings. The van der Waals surface area contributed by atoms with Crippen LogP contribution in [0.1, 0.15) is 0 Å². The minimum absolute atomic E-state index is 0.0763. The van der Waals surface area contributed by atoms with Crippen molar-refractivity contribution in [1.29, 1.82) is 0 Å². The van der Waals surface area contributed by atoms with Crippen molar-refractivity contribution in [2.24, 2.45) is 0 Å². The lowest BCUT2D eigenvalue weighted by Gasteiger charge is -2.11. The highest BCUT2D eigenvalue weighted by Crippen LogP contribution is 2.27. The van der Waals surface area contributed by atoms with Crippen LogP contribution >= 0.6 is 11.6 Å². The van der Waals surface area contributed by atoms with Gasteiger partial charge in [-0.2, -0.15) is 0 Å². The van der Waals surface area contributed by atoms with Crippen molar-refractivity contribution in [3.63, 3.8) is 0 Å². The quantitative estimate of drug-likeness (QED) is 0.761. The second-order valence-electron chi connectivity index (χ2n) is 4.77. The predicted molar refractivity (Wildman–Crippen MR) is 89.5 cm³/mol. The molecule has 0 radical (unpaired) electrons. The van der Waals surface area contributed by atoms with Crippen LogP contribution in [0.3, 0.4) is 0 Å². The number of esters is 1. The lowest BCUT2D eigenvalue weighted by atomic mass is 10.3. The Morgan fingerprint density at radius 2 is 1.88 bits per heavy atom. The van der Waals surface area contributed by atoms with Gasteiger partial charge in [0.2, 0.25) is 0 Å². The van der Waals surface area contributed by atoms with E-state index in [1.54, 1.807) is 18.2 Å². The molecule has 0 spiro atoms. The first-order chi connectivity index (χ1) is 12.0. The smallest absolute Gasteiger partial charge is 0.344 e. The number of carbonyl (C=O) groups excluding carboxylic acids is 2. The van der Waals surface area contributed by atoms with Crippen molar-refractivity contribution in [2.45, 2.75) is 0 Å². The second-order valence-corrected chi connectivity index (χ2v) is 5.21. The average molecular weight is 368 g/mol. The molecule has 2 aromatic carbocycles. The van der Waals surface area contributed by atoms with E-state index in [2.05, 4.69) is 5.32 Å². The molecule has 25 heavy (non-hydrogen) atoms. The molecule has 2 rings (SSSR count). The summed E-state index contributed by atoms with van der Waals surface area (Å²) in [5, 5.41) is 2.92. The van der Waals surface area contributed by atoms with Crippen LogP contribution in [-0.2, 0) is 14.3 Å². The fourth-order valence-electron chi connectivity index (χ4n) is 1.85. The van der Waals surface area contributed by atoms with Gasteiger partial charge in [-0.1, -0.05) is 23.7 Å². The van der Waals surface area contributed by atoms with Gasteiger partial charge in [0.15, 0.2) is 24.8 Å². The molecule has 0 aliphatic carbocycles. The first kappa shape index (κ1) is 18.5. The first-order valence-electron chi connectivity index (χ1n) is 7.16.